The smallest absolute Gasteiger partial charge is 0.326 e. The molecule has 0 aromatic rings. The third-order valence-electron chi connectivity index (χ3n) is 5.42. The normalized spacial score (nSPS) is 17.4. The summed E-state index contributed by atoms with van der Waals surface area (Å²) in [5, 5.41) is 22.5. The molecule has 0 aromatic heterocycles. The van der Waals surface area contributed by atoms with E-state index in [1.54, 1.807) is 0 Å². The summed E-state index contributed by atoms with van der Waals surface area (Å²) in [7, 11) is 0. The lowest BCUT2D eigenvalue weighted by molar-refractivity contribution is -0.144. The number of carbonyl (C=O) groups is 6. The Morgan fingerprint density at radius 3 is 2.22 bits per heavy atom. The molecule has 0 aromatic carbocycles. The van der Waals surface area contributed by atoms with Crippen LogP contribution in [0, 0.1) is 0 Å². The van der Waals surface area contributed by atoms with E-state index in [0.29, 0.717) is 12.8 Å². The predicted molar refractivity (Wildman–Crippen MR) is 125 cm³/mol. The number of likely N-dealkylation sites (tertiary alicyclic amines) is 1. The zero-order chi connectivity index (χ0) is 27.4. The Morgan fingerprint density at radius 1 is 1.00 bits per heavy atom. The molecule has 0 spiro atoms. The summed E-state index contributed by atoms with van der Waals surface area (Å²) in [6.07, 6.45) is -0.126. The van der Waals surface area contributed by atoms with Crippen LogP contribution in [0.1, 0.15) is 44.9 Å². The number of amides is 4. The van der Waals surface area contributed by atoms with Gasteiger partial charge in [-0.2, -0.15) is 0 Å². The quantitative estimate of drug-likeness (QED) is 0.0594. The Hall–Kier alpha value is -3.95. The molecule has 1 aliphatic heterocycles. The summed E-state index contributed by atoms with van der Waals surface area (Å²) < 4.78 is 0. The number of nitrogens with one attached hydrogen (secondary N) is 2. The van der Waals surface area contributed by atoms with E-state index in [1.165, 1.54) is 4.90 Å². The van der Waals surface area contributed by atoms with Gasteiger partial charge >= 0.3 is 11.9 Å². The fourth-order valence-corrected chi connectivity index (χ4v) is 3.63. The molecule has 0 saturated carbocycles. The number of hydrogen-bond acceptors (Lipinski definition) is 8. The van der Waals surface area contributed by atoms with Crippen LogP contribution in [0.5, 0.6) is 0 Å². The number of nitrogens with two attached hydrogens (primary N) is 4. The van der Waals surface area contributed by atoms with E-state index >= 15 is 0 Å². The molecule has 4 atom stereocenters. The second-order valence-corrected chi connectivity index (χ2v) is 8.31. The highest BCUT2D eigenvalue weighted by atomic mass is 16.4. The number of aliphatic imine (C=N–C) groups is 1. The molecule has 4 amide bonds. The topological polar surface area (TPSA) is 287 Å². The maximum Gasteiger partial charge on any atom is 0.326 e. The van der Waals surface area contributed by atoms with Crippen molar-refractivity contribution in [2.75, 3.05) is 13.1 Å². The number of hydrogen-bond donors (Lipinski definition) is 8. The molecule has 1 saturated heterocycles. The van der Waals surface area contributed by atoms with Crippen molar-refractivity contribution in [2.24, 2.45) is 27.9 Å². The van der Waals surface area contributed by atoms with E-state index in [-0.39, 0.29) is 31.9 Å². The largest absolute Gasteiger partial charge is 0.481 e. The van der Waals surface area contributed by atoms with E-state index in [2.05, 4.69) is 15.6 Å². The van der Waals surface area contributed by atoms with Crippen LogP contribution < -0.4 is 33.6 Å². The number of guanidine groups is 1. The van der Waals surface area contributed by atoms with Gasteiger partial charge in [0.1, 0.15) is 18.1 Å². The van der Waals surface area contributed by atoms with Crippen LogP contribution in [0.3, 0.4) is 0 Å². The first kappa shape index (κ1) is 30.1. The second kappa shape index (κ2) is 14.4. The zero-order valence-electron chi connectivity index (χ0n) is 19.7. The third-order valence-corrected chi connectivity index (χ3v) is 5.42. The molecule has 16 nitrogen and oxygen atoms in total. The maximum absolute atomic E-state index is 12.9. The van der Waals surface area contributed by atoms with Crippen LogP contribution in [0.2, 0.25) is 0 Å². The fraction of sp³-hybridized carbons (Fsp3) is 0.650. The van der Waals surface area contributed by atoms with Crippen molar-refractivity contribution < 1.29 is 39.0 Å². The van der Waals surface area contributed by atoms with Gasteiger partial charge in [-0.15, -0.1) is 0 Å². The van der Waals surface area contributed by atoms with E-state index in [0.717, 1.165) is 0 Å². The molecule has 202 valence electrons. The number of rotatable bonds is 15. The van der Waals surface area contributed by atoms with Gasteiger partial charge in [0, 0.05) is 19.5 Å². The van der Waals surface area contributed by atoms with Crippen molar-refractivity contribution >= 4 is 41.5 Å². The highest BCUT2D eigenvalue weighted by Crippen LogP contribution is 2.19. The van der Waals surface area contributed by atoms with Crippen LogP contribution in [0.15, 0.2) is 4.99 Å². The fourth-order valence-electron chi connectivity index (χ4n) is 3.63. The first-order chi connectivity index (χ1) is 16.8. The van der Waals surface area contributed by atoms with Crippen molar-refractivity contribution in [1.82, 2.24) is 15.5 Å². The molecule has 0 bridgehead atoms. The average Bonchev–Trinajstić information content (AvgIpc) is 3.27. The molecule has 1 heterocycles. The van der Waals surface area contributed by atoms with Crippen molar-refractivity contribution in [3.05, 3.63) is 0 Å². The summed E-state index contributed by atoms with van der Waals surface area (Å²) >= 11 is 0. The zero-order valence-corrected chi connectivity index (χ0v) is 19.7. The minimum absolute atomic E-state index is 0.0858. The SMILES string of the molecule is NC(=O)CC(NC(=O)C1CCCN1C(=O)C(N)CCCN=C(N)N)C(=O)NC(CCC(=O)O)C(=O)O. The van der Waals surface area contributed by atoms with Gasteiger partial charge in [-0.1, -0.05) is 0 Å². The molecule has 1 aliphatic rings. The van der Waals surface area contributed by atoms with Gasteiger partial charge < -0.3 is 48.7 Å². The van der Waals surface area contributed by atoms with Crippen molar-refractivity contribution in [1.29, 1.82) is 0 Å². The van der Waals surface area contributed by atoms with E-state index in [1.807, 2.05) is 0 Å². The number of carboxylic acid groups (broad SMARTS) is 2. The number of aliphatic carboxylic acids is 2. The lowest BCUT2D eigenvalue weighted by Gasteiger charge is -2.28. The lowest BCUT2D eigenvalue weighted by atomic mass is 10.1. The van der Waals surface area contributed by atoms with E-state index in [4.69, 9.17) is 28.0 Å². The third kappa shape index (κ3) is 10.1. The monoisotopic (exact) mass is 514 g/mol. The minimum atomic E-state index is -1.57. The number of carbonyl (C=O) groups excluding carboxylic acids is 4. The van der Waals surface area contributed by atoms with Gasteiger partial charge in [0.15, 0.2) is 5.96 Å². The van der Waals surface area contributed by atoms with Gasteiger partial charge in [-0.3, -0.25) is 29.0 Å². The van der Waals surface area contributed by atoms with Gasteiger partial charge in [-0.25, -0.2) is 4.79 Å². The van der Waals surface area contributed by atoms with E-state index in [9.17, 15) is 33.9 Å². The average molecular weight is 515 g/mol. The molecule has 36 heavy (non-hydrogen) atoms. The molecular formula is C20H34N8O8. The molecule has 1 fully saturated rings. The van der Waals surface area contributed by atoms with Gasteiger partial charge in [0.25, 0.3) is 0 Å². The van der Waals surface area contributed by atoms with Gasteiger partial charge in [0.05, 0.1) is 12.5 Å². The molecule has 0 radical (unpaired) electrons. The summed E-state index contributed by atoms with van der Waals surface area (Å²) in [4.78, 5) is 77.0. The Morgan fingerprint density at radius 2 is 1.67 bits per heavy atom. The van der Waals surface area contributed by atoms with Crippen molar-refractivity contribution in [3.8, 4) is 0 Å². The second-order valence-electron chi connectivity index (χ2n) is 8.31. The predicted octanol–water partition coefficient (Wildman–Crippen LogP) is -3.85. The summed E-state index contributed by atoms with van der Waals surface area (Å²) in [5.41, 5.74) is 21.6. The van der Waals surface area contributed by atoms with E-state index < -0.39 is 79.0 Å². The standard InChI is InChI=1S/C20H34N8O8/c21-10(3-1-7-25-20(23)24)18(34)28-8-2-4-13(28)17(33)27-12(9-14(22)29)16(32)26-11(19(35)36)5-6-15(30)31/h10-13H,1-9,21H2,(H2,22,29)(H,26,32)(H,27,33)(H,30,31)(H,35,36)(H4,23,24,25). The molecule has 0 aliphatic carbocycles. The summed E-state index contributed by atoms with van der Waals surface area (Å²) in [6.45, 7) is 0.530. The van der Waals surface area contributed by atoms with Crippen molar-refractivity contribution in [3.63, 3.8) is 0 Å². The first-order valence-corrected chi connectivity index (χ1v) is 11.3. The van der Waals surface area contributed by atoms with Gasteiger partial charge in [-0.05, 0) is 32.1 Å². The van der Waals surface area contributed by atoms with Crippen LogP contribution in [-0.2, 0) is 28.8 Å². The Kier molecular flexibility index (Phi) is 12.1. The Bertz CT molecular complexity index is 876. The Balaban J connectivity index is 2.85. The number of carboxylic acids is 2. The number of primary amides is 1. The van der Waals surface area contributed by atoms with Crippen molar-refractivity contribution in [2.45, 2.75) is 69.1 Å². The lowest BCUT2D eigenvalue weighted by Crippen LogP contribution is -2.57. The minimum Gasteiger partial charge on any atom is -0.481 e. The molecule has 12 N–H and O–H groups in total. The summed E-state index contributed by atoms with van der Waals surface area (Å²) in [5.74, 6) is -6.05. The van der Waals surface area contributed by atoms with Crippen LogP contribution >= 0.6 is 0 Å². The molecule has 1 rings (SSSR count). The highest BCUT2D eigenvalue weighted by molar-refractivity contribution is 5.96. The van der Waals surface area contributed by atoms with Crippen LogP contribution in [-0.4, -0.2) is 93.9 Å². The molecule has 4 unspecified atom stereocenters. The first-order valence-electron chi connectivity index (χ1n) is 11.3. The summed E-state index contributed by atoms with van der Waals surface area (Å²) in [6, 6.07) is -4.98. The molecular weight excluding hydrogens is 480 g/mol. The molecule has 16 heteroatoms. The Labute approximate surface area is 206 Å². The highest BCUT2D eigenvalue weighted by Gasteiger charge is 2.38. The van der Waals surface area contributed by atoms with Crippen LogP contribution in [0.4, 0.5) is 0 Å². The van der Waals surface area contributed by atoms with Crippen LogP contribution in [0.25, 0.3) is 0 Å². The van der Waals surface area contributed by atoms with Gasteiger partial charge in [0.2, 0.25) is 23.6 Å². The maximum atomic E-state index is 12.9. The number of nitrogens with zero attached hydrogens (tertiary/aromatic N) is 2.